The predicted octanol–water partition coefficient (Wildman–Crippen LogP) is 3.56. The van der Waals surface area contributed by atoms with E-state index in [0.29, 0.717) is 25.5 Å². The molecule has 1 heterocycles. The molecule has 1 aromatic rings. The molecule has 0 radical (unpaired) electrons. The highest BCUT2D eigenvalue weighted by Gasteiger charge is 2.15. The number of guanidine groups is 1. The fourth-order valence-corrected chi connectivity index (χ4v) is 3.35. The molecule has 0 atom stereocenters. The van der Waals surface area contributed by atoms with Crippen LogP contribution in [0.25, 0.3) is 0 Å². The van der Waals surface area contributed by atoms with Gasteiger partial charge in [0.15, 0.2) is 17.5 Å². The van der Waals surface area contributed by atoms with E-state index in [1.165, 1.54) is 0 Å². The number of methoxy groups -OCH3 is 1. The lowest BCUT2D eigenvalue weighted by Gasteiger charge is -2.20. The quantitative estimate of drug-likeness (QED) is 0.209. The van der Waals surface area contributed by atoms with Crippen LogP contribution in [0, 0.1) is 0 Å². The second-order valence-corrected chi connectivity index (χ2v) is 7.09. The van der Waals surface area contributed by atoms with E-state index in [9.17, 15) is 4.79 Å². The number of hydrogen-bond donors (Lipinski definition) is 2. The molecule has 7 nitrogen and oxygen atoms in total. The monoisotopic (exact) mass is 532 g/mol. The zero-order chi connectivity index (χ0) is 20.9. The molecule has 30 heavy (non-hydrogen) atoms. The molecule has 1 aliphatic heterocycles. The van der Waals surface area contributed by atoms with E-state index in [1.54, 1.807) is 7.11 Å². The van der Waals surface area contributed by atoms with Gasteiger partial charge in [-0.25, -0.2) is 4.99 Å². The SMILES string of the molecule is CCNC(=NCc1ccc(OCC)c(OC)c1)NCCCN1CCCCCC1=O.I. The third-order valence-corrected chi connectivity index (χ3v) is 4.86. The Balaban J connectivity index is 0.00000450. The van der Waals surface area contributed by atoms with Gasteiger partial charge >= 0.3 is 0 Å². The first-order valence-corrected chi connectivity index (χ1v) is 10.8. The van der Waals surface area contributed by atoms with Crippen molar-refractivity contribution in [3.8, 4) is 11.5 Å². The number of likely N-dealkylation sites (tertiary alicyclic amines) is 1. The topological polar surface area (TPSA) is 75.2 Å². The maximum Gasteiger partial charge on any atom is 0.222 e. The zero-order valence-electron chi connectivity index (χ0n) is 18.5. The van der Waals surface area contributed by atoms with Gasteiger partial charge in [0.2, 0.25) is 5.91 Å². The molecular weight excluding hydrogens is 495 g/mol. The Morgan fingerprint density at radius 3 is 2.73 bits per heavy atom. The van der Waals surface area contributed by atoms with Crippen LogP contribution in [0.3, 0.4) is 0 Å². The summed E-state index contributed by atoms with van der Waals surface area (Å²) < 4.78 is 11.0. The van der Waals surface area contributed by atoms with Crippen molar-refractivity contribution >= 4 is 35.8 Å². The number of halogens is 1. The minimum absolute atomic E-state index is 0. The molecule has 0 unspecified atom stereocenters. The second-order valence-electron chi connectivity index (χ2n) is 7.09. The molecule has 2 rings (SSSR count). The van der Waals surface area contributed by atoms with E-state index < -0.39 is 0 Å². The highest BCUT2D eigenvalue weighted by Crippen LogP contribution is 2.28. The Morgan fingerprint density at radius 1 is 1.17 bits per heavy atom. The van der Waals surface area contributed by atoms with Crippen LogP contribution in [0.15, 0.2) is 23.2 Å². The smallest absolute Gasteiger partial charge is 0.222 e. The Labute approximate surface area is 198 Å². The van der Waals surface area contributed by atoms with Gasteiger partial charge in [-0.3, -0.25) is 4.79 Å². The summed E-state index contributed by atoms with van der Waals surface area (Å²) in [7, 11) is 1.64. The van der Waals surface area contributed by atoms with E-state index >= 15 is 0 Å². The average Bonchev–Trinajstić information content (AvgIpc) is 2.94. The summed E-state index contributed by atoms with van der Waals surface area (Å²) in [4.78, 5) is 18.7. The van der Waals surface area contributed by atoms with Gasteiger partial charge in [-0.2, -0.15) is 0 Å². The third kappa shape index (κ3) is 8.97. The number of carbonyl (C=O) groups excluding carboxylic acids is 1. The molecule has 0 bridgehead atoms. The fraction of sp³-hybridized carbons (Fsp3) is 0.636. The van der Waals surface area contributed by atoms with Crippen LogP contribution in [-0.2, 0) is 11.3 Å². The summed E-state index contributed by atoms with van der Waals surface area (Å²) >= 11 is 0. The lowest BCUT2D eigenvalue weighted by atomic mass is 10.2. The number of ether oxygens (including phenoxy) is 2. The highest BCUT2D eigenvalue weighted by atomic mass is 127. The van der Waals surface area contributed by atoms with Crippen molar-refractivity contribution in [3.05, 3.63) is 23.8 Å². The zero-order valence-corrected chi connectivity index (χ0v) is 20.9. The van der Waals surface area contributed by atoms with Gasteiger partial charge in [0.25, 0.3) is 0 Å². The van der Waals surface area contributed by atoms with Crippen molar-refractivity contribution in [1.82, 2.24) is 15.5 Å². The van der Waals surface area contributed by atoms with Gasteiger partial charge in [-0.15, -0.1) is 24.0 Å². The number of amides is 1. The Hall–Kier alpha value is -1.71. The van der Waals surface area contributed by atoms with E-state index in [2.05, 4.69) is 15.6 Å². The average molecular weight is 532 g/mol. The van der Waals surface area contributed by atoms with E-state index in [4.69, 9.17) is 9.47 Å². The van der Waals surface area contributed by atoms with E-state index in [1.807, 2.05) is 36.9 Å². The summed E-state index contributed by atoms with van der Waals surface area (Å²) in [5.41, 5.74) is 1.05. The van der Waals surface area contributed by atoms with Gasteiger partial charge in [0, 0.05) is 32.6 Å². The third-order valence-electron chi connectivity index (χ3n) is 4.86. The number of nitrogens with zero attached hydrogens (tertiary/aromatic N) is 2. The second kappa shape index (κ2) is 15.1. The maximum absolute atomic E-state index is 12.1. The summed E-state index contributed by atoms with van der Waals surface area (Å²) in [6.07, 6.45) is 4.92. The standard InChI is InChI=1S/C22H36N4O3.HI/c1-4-23-22(24-13-9-15-26-14-8-6-7-10-21(26)27)25-17-18-11-12-19(29-5-2)20(16-18)28-3;/h11-12,16H,4-10,13-15,17H2,1-3H3,(H2,23,24,25);1H. The van der Waals surface area contributed by atoms with Crippen molar-refractivity contribution in [3.63, 3.8) is 0 Å². The molecule has 1 aliphatic rings. The first kappa shape index (κ1) is 26.3. The molecule has 170 valence electrons. The van der Waals surface area contributed by atoms with Crippen LogP contribution in [-0.4, -0.2) is 56.7 Å². The molecule has 0 aromatic heterocycles. The number of carbonyl (C=O) groups is 1. The summed E-state index contributed by atoms with van der Waals surface area (Å²) in [6.45, 7) is 8.43. The number of aliphatic imine (C=N–C) groups is 1. The molecule has 0 spiro atoms. The Kier molecular flexibility index (Phi) is 13.3. The molecule has 0 aliphatic carbocycles. The molecule has 8 heteroatoms. The lowest BCUT2D eigenvalue weighted by Crippen LogP contribution is -2.39. The molecule has 0 saturated carbocycles. The summed E-state index contributed by atoms with van der Waals surface area (Å²) in [5.74, 6) is 2.55. The molecule has 1 saturated heterocycles. The molecule has 1 aromatic carbocycles. The Bertz CT molecular complexity index is 670. The highest BCUT2D eigenvalue weighted by molar-refractivity contribution is 14.0. The summed E-state index contributed by atoms with van der Waals surface area (Å²) in [5, 5.41) is 6.64. The van der Waals surface area contributed by atoms with Crippen molar-refractivity contribution in [2.45, 2.75) is 52.5 Å². The largest absolute Gasteiger partial charge is 0.493 e. The minimum Gasteiger partial charge on any atom is -0.493 e. The first-order valence-electron chi connectivity index (χ1n) is 10.8. The summed E-state index contributed by atoms with van der Waals surface area (Å²) in [6, 6.07) is 5.89. The van der Waals surface area contributed by atoms with Gasteiger partial charge in [0.05, 0.1) is 20.3 Å². The van der Waals surface area contributed by atoms with Crippen LogP contribution < -0.4 is 20.1 Å². The molecule has 1 amide bonds. The fourth-order valence-electron chi connectivity index (χ4n) is 3.35. The first-order chi connectivity index (χ1) is 14.2. The number of nitrogens with one attached hydrogen (secondary N) is 2. The van der Waals surface area contributed by atoms with E-state index in [-0.39, 0.29) is 24.0 Å². The van der Waals surface area contributed by atoms with Crippen molar-refractivity contribution in [1.29, 1.82) is 0 Å². The van der Waals surface area contributed by atoms with Gasteiger partial charge in [-0.1, -0.05) is 12.5 Å². The molecular formula is C22H37IN4O3. The van der Waals surface area contributed by atoms with E-state index in [0.717, 1.165) is 74.9 Å². The van der Waals surface area contributed by atoms with Gasteiger partial charge < -0.3 is 25.0 Å². The predicted molar refractivity (Wildman–Crippen MR) is 132 cm³/mol. The lowest BCUT2D eigenvalue weighted by molar-refractivity contribution is -0.130. The Morgan fingerprint density at radius 2 is 2.00 bits per heavy atom. The van der Waals surface area contributed by atoms with Crippen molar-refractivity contribution in [2.24, 2.45) is 4.99 Å². The van der Waals surface area contributed by atoms with Crippen molar-refractivity contribution < 1.29 is 14.3 Å². The normalized spacial score (nSPS) is 14.6. The van der Waals surface area contributed by atoms with Crippen LogP contribution in [0.4, 0.5) is 0 Å². The van der Waals surface area contributed by atoms with Crippen molar-refractivity contribution in [2.75, 3.05) is 39.9 Å². The minimum atomic E-state index is 0. The number of benzene rings is 1. The van der Waals surface area contributed by atoms with Crippen LogP contribution >= 0.6 is 24.0 Å². The van der Waals surface area contributed by atoms with Crippen LogP contribution in [0.1, 0.15) is 51.5 Å². The molecule has 1 fully saturated rings. The number of hydrogen-bond acceptors (Lipinski definition) is 4. The molecule has 2 N–H and O–H groups in total. The van der Waals surface area contributed by atoms with Crippen LogP contribution in [0.2, 0.25) is 0 Å². The maximum atomic E-state index is 12.1. The number of rotatable bonds is 10. The van der Waals surface area contributed by atoms with Gasteiger partial charge in [0.1, 0.15) is 0 Å². The van der Waals surface area contributed by atoms with Gasteiger partial charge in [-0.05, 0) is 50.8 Å². The van der Waals surface area contributed by atoms with Crippen LogP contribution in [0.5, 0.6) is 11.5 Å².